The molecule has 2 heterocycles. The lowest BCUT2D eigenvalue weighted by Gasteiger charge is -2.17. The normalized spacial score (nSPS) is 19.2. The van der Waals surface area contributed by atoms with Gasteiger partial charge in [-0.15, -0.1) is 0 Å². The molecule has 1 aromatic rings. The van der Waals surface area contributed by atoms with Gasteiger partial charge in [-0.3, -0.25) is 0 Å². The van der Waals surface area contributed by atoms with Crippen molar-refractivity contribution in [3.63, 3.8) is 0 Å². The Bertz CT molecular complexity index is 390. The van der Waals surface area contributed by atoms with Crippen LogP contribution in [0, 0.1) is 5.92 Å². The first kappa shape index (κ1) is 13.1. The van der Waals surface area contributed by atoms with Crippen LogP contribution in [0.5, 0.6) is 5.88 Å². The largest absolute Gasteiger partial charge is 0.477 e. The van der Waals surface area contributed by atoms with Crippen LogP contribution in [-0.2, 0) is 4.74 Å². The Morgan fingerprint density at radius 2 is 2.33 bits per heavy atom. The molecule has 0 bridgehead atoms. The number of aromatic nitrogens is 2. The fourth-order valence-electron chi connectivity index (χ4n) is 2.13. The van der Waals surface area contributed by atoms with Crippen LogP contribution in [0.2, 0.25) is 0 Å². The zero-order chi connectivity index (χ0) is 13.0. The van der Waals surface area contributed by atoms with Crippen molar-refractivity contribution in [2.24, 2.45) is 5.92 Å². The summed E-state index contributed by atoms with van der Waals surface area (Å²) >= 11 is 0. The number of rotatable bonds is 5. The molecule has 100 valence electrons. The second-order valence-corrected chi connectivity index (χ2v) is 4.89. The number of ether oxygens (including phenoxy) is 2. The molecule has 1 atom stereocenters. The summed E-state index contributed by atoms with van der Waals surface area (Å²) in [6.45, 7) is 6.54. The van der Waals surface area contributed by atoms with Crippen molar-refractivity contribution in [3.05, 3.63) is 11.9 Å². The van der Waals surface area contributed by atoms with Crippen molar-refractivity contribution in [2.45, 2.75) is 26.2 Å². The van der Waals surface area contributed by atoms with E-state index in [0.717, 1.165) is 31.0 Å². The quantitative estimate of drug-likeness (QED) is 0.868. The van der Waals surface area contributed by atoms with Gasteiger partial charge in [0, 0.05) is 19.6 Å². The standard InChI is InChI=1S/C13H21N3O2/c1-9(2)11-12(14-3)15-8-16-13(11)18-7-10-4-5-17-6-10/h8-10H,4-7H2,1-3H3,(H,14,15,16). The van der Waals surface area contributed by atoms with E-state index >= 15 is 0 Å². The Hall–Kier alpha value is -1.36. The van der Waals surface area contributed by atoms with Gasteiger partial charge in [-0.2, -0.15) is 0 Å². The van der Waals surface area contributed by atoms with Crippen molar-refractivity contribution in [1.29, 1.82) is 0 Å². The zero-order valence-electron chi connectivity index (χ0n) is 11.3. The van der Waals surface area contributed by atoms with Crippen molar-refractivity contribution in [1.82, 2.24) is 9.97 Å². The zero-order valence-corrected chi connectivity index (χ0v) is 11.3. The molecule has 0 spiro atoms. The average molecular weight is 251 g/mol. The summed E-state index contributed by atoms with van der Waals surface area (Å²) in [4.78, 5) is 8.49. The Labute approximate surface area is 108 Å². The van der Waals surface area contributed by atoms with Gasteiger partial charge in [0.05, 0.1) is 18.8 Å². The summed E-state index contributed by atoms with van der Waals surface area (Å²) in [5.74, 6) is 2.34. The van der Waals surface area contributed by atoms with Crippen LogP contribution < -0.4 is 10.1 Å². The third-order valence-electron chi connectivity index (χ3n) is 3.14. The number of nitrogens with one attached hydrogen (secondary N) is 1. The van der Waals surface area contributed by atoms with Crippen LogP contribution in [0.25, 0.3) is 0 Å². The summed E-state index contributed by atoms with van der Waals surface area (Å²) in [5, 5.41) is 3.09. The molecule has 0 saturated carbocycles. The average Bonchev–Trinajstić information content (AvgIpc) is 2.88. The van der Waals surface area contributed by atoms with Crippen molar-refractivity contribution in [3.8, 4) is 5.88 Å². The second kappa shape index (κ2) is 6.00. The summed E-state index contributed by atoms with van der Waals surface area (Å²) < 4.78 is 11.2. The predicted molar refractivity (Wildman–Crippen MR) is 70.1 cm³/mol. The molecule has 1 saturated heterocycles. The molecular formula is C13H21N3O2. The van der Waals surface area contributed by atoms with E-state index in [2.05, 4.69) is 29.1 Å². The van der Waals surface area contributed by atoms with Crippen LogP contribution in [0.4, 0.5) is 5.82 Å². The lowest BCUT2D eigenvalue weighted by atomic mass is 10.1. The number of anilines is 1. The molecule has 1 aliphatic rings. The molecule has 18 heavy (non-hydrogen) atoms. The fourth-order valence-corrected chi connectivity index (χ4v) is 2.13. The van der Waals surface area contributed by atoms with E-state index in [1.54, 1.807) is 0 Å². The highest BCUT2D eigenvalue weighted by Gasteiger charge is 2.19. The van der Waals surface area contributed by atoms with Crippen molar-refractivity contribution >= 4 is 5.82 Å². The van der Waals surface area contributed by atoms with E-state index in [-0.39, 0.29) is 0 Å². The molecule has 1 aliphatic heterocycles. The minimum absolute atomic E-state index is 0.323. The van der Waals surface area contributed by atoms with Gasteiger partial charge in [0.1, 0.15) is 12.1 Å². The molecule has 1 aromatic heterocycles. The maximum atomic E-state index is 5.85. The predicted octanol–water partition coefficient (Wildman–Crippen LogP) is 2.06. The summed E-state index contributed by atoms with van der Waals surface area (Å²) in [6.07, 6.45) is 2.61. The molecule has 5 heteroatoms. The Morgan fingerprint density at radius 1 is 1.50 bits per heavy atom. The minimum atomic E-state index is 0.323. The molecule has 1 fully saturated rings. The first-order valence-corrected chi connectivity index (χ1v) is 6.45. The summed E-state index contributed by atoms with van der Waals surface area (Å²) in [5.41, 5.74) is 1.04. The van der Waals surface area contributed by atoms with Crippen LogP contribution in [0.1, 0.15) is 31.7 Å². The van der Waals surface area contributed by atoms with E-state index in [9.17, 15) is 0 Å². The van der Waals surface area contributed by atoms with Gasteiger partial charge in [0.25, 0.3) is 0 Å². The topological polar surface area (TPSA) is 56.3 Å². The van der Waals surface area contributed by atoms with Gasteiger partial charge in [-0.05, 0) is 12.3 Å². The van der Waals surface area contributed by atoms with Gasteiger partial charge in [0.15, 0.2) is 0 Å². The molecule has 0 aromatic carbocycles. The maximum absolute atomic E-state index is 5.85. The third-order valence-corrected chi connectivity index (χ3v) is 3.14. The SMILES string of the molecule is CNc1ncnc(OCC2CCOC2)c1C(C)C. The van der Waals surface area contributed by atoms with Crippen LogP contribution in [-0.4, -0.2) is 36.8 Å². The molecule has 1 N–H and O–H groups in total. The Morgan fingerprint density at radius 3 is 2.94 bits per heavy atom. The lowest BCUT2D eigenvalue weighted by Crippen LogP contribution is -2.14. The second-order valence-electron chi connectivity index (χ2n) is 4.89. The Kier molecular flexibility index (Phi) is 4.36. The minimum Gasteiger partial charge on any atom is -0.477 e. The third kappa shape index (κ3) is 2.90. The van der Waals surface area contributed by atoms with E-state index in [1.165, 1.54) is 6.33 Å². The van der Waals surface area contributed by atoms with Crippen molar-refractivity contribution < 1.29 is 9.47 Å². The van der Waals surface area contributed by atoms with Gasteiger partial charge in [-0.25, -0.2) is 9.97 Å². The molecule has 0 radical (unpaired) electrons. The smallest absolute Gasteiger partial charge is 0.222 e. The van der Waals surface area contributed by atoms with Crippen LogP contribution >= 0.6 is 0 Å². The molecule has 5 nitrogen and oxygen atoms in total. The van der Waals surface area contributed by atoms with Crippen LogP contribution in [0.3, 0.4) is 0 Å². The molecule has 0 amide bonds. The number of nitrogens with zero attached hydrogens (tertiary/aromatic N) is 2. The van der Waals surface area contributed by atoms with Gasteiger partial charge >= 0.3 is 0 Å². The summed E-state index contributed by atoms with van der Waals surface area (Å²) in [7, 11) is 1.86. The number of hydrogen-bond donors (Lipinski definition) is 1. The summed E-state index contributed by atoms with van der Waals surface area (Å²) in [6, 6.07) is 0. The fraction of sp³-hybridized carbons (Fsp3) is 0.692. The molecular weight excluding hydrogens is 230 g/mol. The molecule has 1 unspecified atom stereocenters. The van der Waals surface area contributed by atoms with E-state index in [1.807, 2.05) is 7.05 Å². The first-order chi connectivity index (χ1) is 8.72. The van der Waals surface area contributed by atoms with Crippen LogP contribution in [0.15, 0.2) is 6.33 Å². The molecule has 2 rings (SSSR count). The Balaban J connectivity index is 2.10. The van der Waals surface area contributed by atoms with Gasteiger partial charge in [0.2, 0.25) is 5.88 Å². The van der Waals surface area contributed by atoms with Gasteiger partial charge < -0.3 is 14.8 Å². The number of hydrogen-bond acceptors (Lipinski definition) is 5. The highest BCUT2D eigenvalue weighted by molar-refractivity contribution is 5.50. The van der Waals surface area contributed by atoms with Crippen molar-refractivity contribution in [2.75, 3.05) is 32.2 Å². The van der Waals surface area contributed by atoms with E-state index < -0.39 is 0 Å². The van der Waals surface area contributed by atoms with Gasteiger partial charge in [-0.1, -0.05) is 13.8 Å². The highest BCUT2D eigenvalue weighted by Crippen LogP contribution is 2.30. The molecule has 0 aliphatic carbocycles. The van der Waals surface area contributed by atoms with E-state index in [0.29, 0.717) is 24.3 Å². The van der Waals surface area contributed by atoms with E-state index in [4.69, 9.17) is 9.47 Å². The monoisotopic (exact) mass is 251 g/mol. The highest BCUT2D eigenvalue weighted by atomic mass is 16.5. The first-order valence-electron chi connectivity index (χ1n) is 6.45. The maximum Gasteiger partial charge on any atom is 0.222 e. The lowest BCUT2D eigenvalue weighted by molar-refractivity contribution is 0.165.